The van der Waals surface area contributed by atoms with Gasteiger partial charge in [-0.3, -0.25) is 9.10 Å². The summed E-state index contributed by atoms with van der Waals surface area (Å²) in [6, 6.07) is 13.6. The van der Waals surface area contributed by atoms with E-state index < -0.39 is 16.1 Å². The van der Waals surface area contributed by atoms with E-state index in [0.29, 0.717) is 17.3 Å². The van der Waals surface area contributed by atoms with Crippen LogP contribution in [-0.2, 0) is 21.4 Å². The predicted octanol–water partition coefficient (Wildman–Crippen LogP) is 3.80. The van der Waals surface area contributed by atoms with Crippen molar-refractivity contribution in [3.63, 3.8) is 0 Å². The molecule has 0 radical (unpaired) electrons. The lowest BCUT2D eigenvalue weighted by Crippen LogP contribution is -2.47. The smallest absolute Gasteiger partial charge is 0.243 e. The van der Waals surface area contributed by atoms with Gasteiger partial charge in [-0.05, 0) is 68.1 Å². The molecule has 1 amide bonds. The molecule has 1 aliphatic heterocycles. The Bertz CT molecular complexity index is 956. The lowest BCUT2D eigenvalue weighted by molar-refractivity contribution is -0.122. The van der Waals surface area contributed by atoms with Crippen LogP contribution in [0.4, 0.5) is 11.4 Å². The number of nitrogens with zero attached hydrogens (tertiary/aromatic N) is 2. The first-order valence-electron chi connectivity index (χ1n) is 10.1. The fraction of sp³-hybridized carbons (Fsp3) is 0.409. The van der Waals surface area contributed by atoms with E-state index in [1.54, 1.807) is 31.2 Å². The van der Waals surface area contributed by atoms with Gasteiger partial charge in [0.25, 0.3) is 0 Å². The molecule has 1 fully saturated rings. The highest BCUT2D eigenvalue weighted by Crippen LogP contribution is 2.23. The van der Waals surface area contributed by atoms with E-state index in [2.05, 4.69) is 22.3 Å². The minimum Gasteiger partial charge on any atom is -0.372 e. The maximum Gasteiger partial charge on any atom is 0.243 e. The quantitative estimate of drug-likeness (QED) is 0.698. The number of halogens is 1. The number of anilines is 2. The van der Waals surface area contributed by atoms with Gasteiger partial charge in [-0.25, -0.2) is 8.42 Å². The number of amides is 1. The zero-order chi connectivity index (χ0) is 21.7. The standard InChI is InChI=1S/C22H28ClN3O3S/c1-17(26(30(2,28)29)21-12-8-19(23)9-13-21)22(27)24-16-18-6-10-20(11-7-18)25-14-4-3-5-15-25/h6-13,17H,3-5,14-16H2,1-2H3,(H,24,27)/t17-/m0/s1. The van der Waals surface area contributed by atoms with E-state index in [0.717, 1.165) is 29.2 Å². The third kappa shape index (κ3) is 5.67. The van der Waals surface area contributed by atoms with Gasteiger partial charge in [-0.15, -0.1) is 0 Å². The van der Waals surface area contributed by atoms with Gasteiger partial charge in [-0.1, -0.05) is 23.7 Å². The van der Waals surface area contributed by atoms with Crippen LogP contribution in [0.15, 0.2) is 48.5 Å². The highest BCUT2D eigenvalue weighted by molar-refractivity contribution is 7.92. The van der Waals surface area contributed by atoms with Crippen molar-refractivity contribution in [1.82, 2.24) is 5.32 Å². The Hall–Kier alpha value is -2.25. The van der Waals surface area contributed by atoms with Crippen LogP contribution in [0.3, 0.4) is 0 Å². The van der Waals surface area contributed by atoms with Gasteiger partial charge in [0, 0.05) is 30.3 Å². The van der Waals surface area contributed by atoms with E-state index >= 15 is 0 Å². The summed E-state index contributed by atoms with van der Waals surface area (Å²) < 4.78 is 25.8. The Labute approximate surface area is 183 Å². The van der Waals surface area contributed by atoms with Crippen molar-refractivity contribution in [3.05, 3.63) is 59.1 Å². The molecule has 3 rings (SSSR count). The second-order valence-corrected chi connectivity index (χ2v) is 9.94. The number of carbonyl (C=O) groups excluding carboxylic acids is 1. The molecule has 1 saturated heterocycles. The molecular weight excluding hydrogens is 422 g/mol. The van der Waals surface area contributed by atoms with E-state index in [4.69, 9.17) is 11.6 Å². The van der Waals surface area contributed by atoms with Gasteiger partial charge in [0.2, 0.25) is 15.9 Å². The van der Waals surface area contributed by atoms with E-state index in [9.17, 15) is 13.2 Å². The summed E-state index contributed by atoms with van der Waals surface area (Å²) in [4.78, 5) is 15.1. The minimum atomic E-state index is -3.65. The number of sulfonamides is 1. The number of hydrogen-bond donors (Lipinski definition) is 1. The van der Waals surface area contributed by atoms with Crippen molar-refractivity contribution in [2.24, 2.45) is 0 Å². The SMILES string of the molecule is C[C@@H](C(=O)NCc1ccc(N2CCCCC2)cc1)N(c1ccc(Cl)cc1)S(C)(=O)=O. The van der Waals surface area contributed by atoms with Crippen molar-refractivity contribution >= 4 is 38.9 Å². The van der Waals surface area contributed by atoms with Crippen molar-refractivity contribution in [2.45, 2.75) is 38.8 Å². The van der Waals surface area contributed by atoms with Crippen LogP contribution in [0.5, 0.6) is 0 Å². The van der Waals surface area contributed by atoms with Gasteiger partial charge in [0.05, 0.1) is 11.9 Å². The van der Waals surface area contributed by atoms with Gasteiger partial charge in [-0.2, -0.15) is 0 Å². The Morgan fingerprint density at radius 1 is 1.07 bits per heavy atom. The molecule has 162 valence electrons. The first-order valence-corrected chi connectivity index (χ1v) is 12.3. The molecule has 0 aromatic heterocycles. The highest BCUT2D eigenvalue weighted by atomic mass is 35.5. The highest BCUT2D eigenvalue weighted by Gasteiger charge is 2.28. The molecule has 2 aromatic rings. The van der Waals surface area contributed by atoms with E-state index in [1.165, 1.54) is 24.9 Å². The average molecular weight is 450 g/mol. The van der Waals surface area contributed by atoms with Gasteiger partial charge < -0.3 is 10.2 Å². The van der Waals surface area contributed by atoms with Crippen LogP contribution < -0.4 is 14.5 Å². The second kappa shape index (κ2) is 9.71. The fourth-order valence-corrected chi connectivity index (χ4v) is 5.01. The van der Waals surface area contributed by atoms with Crippen LogP contribution in [0.25, 0.3) is 0 Å². The normalized spacial score (nSPS) is 15.5. The maximum absolute atomic E-state index is 12.7. The predicted molar refractivity (Wildman–Crippen MR) is 123 cm³/mol. The van der Waals surface area contributed by atoms with Crippen LogP contribution in [-0.4, -0.2) is 39.7 Å². The van der Waals surface area contributed by atoms with Crippen LogP contribution >= 0.6 is 11.6 Å². The molecule has 0 saturated carbocycles. The molecule has 0 aliphatic carbocycles. The molecule has 1 heterocycles. The Kier molecular flexibility index (Phi) is 7.26. The summed E-state index contributed by atoms with van der Waals surface area (Å²) in [5.41, 5.74) is 2.56. The van der Waals surface area contributed by atoms with Crippen molar-refractivity contribution in [2.75, 3.05) is 28.6 Å². The average Bonchev–Trinajstić information content (AvgIpc) is 2.73. The third-order valence-corrected chi connectivity index (χ3v) is 6.79. The molecule has 1 N–H and O–H groups in total. The summed E-state index contributed by atoms with van der Waals surface area (Å²) in [5.74, 6) is -0.365. The summed E-state index contributed by atoms with van der Waals surface area (Å²) in [6.07, 6.45) is 4.82. The lowest BCUT2D eigenvalue weighted by Gasteiger charge is -2.29. The summed E-state index contributed by atoms with van der Waals surface area (Å²) in [5, 5.41) is 3.34. The molecule has 0 spiro atoms. The monoisotopic (exact) mass is 449 g/mol. The van der Waals surface area contributed by atoms with Gasteiger partial charge >= 0.3 is 0 Å². The topological polar surface area (TPSA) is 69.7 Å². The fourth-order valence-electron chi connectivity index (χ4n) is 3.71. The van der Waals surface area contributed by atoms with Crippen molar-refractivity contribution in [1.29, 1.82) is 0 Å². The van der Waals surface area contributed by atoms with Crippen molar-refractivity contribution < 1.29 is 13.2 Å². The first kappa shape index (κ1) is 22.4. The molecule has 8 heteroatoms. The first-order chi connectivity index (χ1) is 14.3. The number of rotatable bonds is 7. The molecular formula is C22H28ClN3O3S. The van der Waals surface area contributed by atoms with Crippen LogP contribution in [0.1, 0.15) is 31.7 Å². The maximum atomic E-state index is 12.7. The van der Waals surface area contributed by atoms with E-state index in [-0.39, 0.29) is 5.91 Å². The summed E-state index contributed by atoms with van der Waals surface area (Å²) in [7, 11) is -3.65. The zero-order valence-electron chi connectivity index (χ0n) is 17.3. The van der Waals surface area contributed by atoms with Crippen molar-refractivity contribution in [3.8, 4) is 0 Å². The van der Waals surface area contributed by atoms with Gasteiger partial charge in [0.15, 0.2) is 0 Å². The summed E-state index contributed by atoms with van der Waals surface area (Å²) >= 11 is 5.90. The molecule has 1 aliphatic rings. The Morgan fingerprint density at radius 3 is 2.23 bits per heavy atom. The molecule has 0 unspecified atom stereocenters. The largest absolute Gasteiger partial charge is 0.372 e. The zero-order valence-corrected chi connectivity index (χ0v) is 18.9. The Balaban J connectivity index is 1.64. The Morgan fingerprint density at radius 2 is 1.67 bits per heavy atom. The second-order valence-electron chi connectivity index (χ2n) is 7.64. The molecule has 6 nitrogen and oxygen atoms in total. The number of hydrogen-bond acceptors (Lipinski definition) is 4. The lowest BCUT2D eigenvalue weighted by atomic mass is 10.1. The summed E-state index contributed by atoms with van der Waals surface area (Å²) in [6.45, 7) is 4.07. The van der Waals surface area contributed by atoms with Crippen LogP contribution in [0, 0.1) is 0 Å². The third-order valence-electron chi connectivity index (χ3n) is 5.29. The van der Waals surface area contributed by atoms with Crippen LogP contribution in [0.2, 0.25) is 5.02 Å². The molecule has 0 bridgehead atoms. The molecule has 2 aromatic carbocycles. The number of carbonyl (C=O) groups is 1. The van der Waals surface area contributed by atoms with Gasteiger partial charge in [0.1, 0.15) is 6.04 Å². The number of benzene rings is 2. The number of piperidine rings is 1. The molecule has 1 atom stereocenters. The molecule has 30 heavy (non-hydrogen) atoms. The number of nitrogens with one attached hydrogen (secondary N) is 1. The van der Waals surface area contributed by atoms with E-state index in [1.807, 2.05) is 12.1 Å². The minimum absolute atomic E-state index is 0.335.